The minimum absolute atomic E-state index is 0.293. The summed E-state index contributed by atoms with van der Waals surface area (Å²) in [4.78, 5) is 13.0. The average Bonchev–Trinajstić information content (AvgIpc) is 3.32. The Hall–Kier alpha value is -2.11. The molecule has 126 valence electrons. The van der Waals surface area contributed by atoms with Crippen LogP contribution in [0.5, 0.6) is 5.75 Å². The van der Waals surface area contributed by atoms with Gasteiger partial charge in [0.25, 0.3) is 0 Å². The van der Waals surface area contributed by atoms with Crippen molar-refractivity contribution in [2.75, 3.05) is 11.4 Å². The van der Waals surface area contributed by atoms with E-state index in [1.807, 2.05) is 24.3 Å². The third kappa shape index (κ3) is 2.50. The van der Waals surface area contributed by atoms with E-state index in [9.17, 15) is 5.11 Å². The average molecular weight is 370 g/mol. The van der Waals surface area contributed by atoms with Crippen molar-refractivity contribution in [1.29, 1.82) is 0 Å². The van der Waals surface area contributed by atoms with Crippen LogP contribution in [0.25, 0.3) is 10.7 Å². The molecule has 0 radical (unpaired) electrons. The van der Waals surface area contributed by atoms with Crippen LogP contribution in [0.3, 0.4) is 0 Å². The van der Waals surface area contributed by atoms with Crippen molar-refractivity contribution in [2.24, 2.45) is 0 Å². The van der Waals surface area contributed by atoms with E-state index in [1.54, 1.807) is 6.07 Å². The zero-order valence-corrected chi connectivity index (χ0v) is 15.1. The molecule has 2 aliphatic rings. The van der Waals surface area contributed by atoms with Crippen molar-refractivity contribution in [1.82, 2.24) is 9.97 Å². The number of phenols is 1. The summed E-state index contributed by atoms with van der Waals surface area (Å²) >= 11 is 7.61. The molecule has 4 nitrogen and oxygen atoms in total. The molecule has 0 bridgehead atoms. The Morgan fingerprint density at radius 3 is 2.84 bits per heavy atom. The molecule has 5 rings (SSSR count). The topological polar surface area (TPSA) is 49.2 Å². The molecule has 3 aromatic rings. The van der Waals surface area contributed by atoms with Crippen LogP contribution in [-0.4, -0.2) is 21.6 Å². The number of anilines is 2. The molecule has 0 saturated heterocycles. The van der Waals surface area contributed by atoms with E-state index in [-0.39, 0.29) is 0 Å². The summed E-state index contributed by atoms with van der Waals surface area (Å²) in [5.74, 6) is 2.04. The number of halogens is 1. The molecular weight excluding hydrogens is 354 g/mol. The lowest BCUT2D eigenvalue weighted by atomic mass is 10.1. The van der Waals surface area contributed by atoms with Gasteiger partial charge in [-0.15, -0.1) is 11.3 Å². The largest absolute Gasteiger partial charge is 0.508 e. The second kappa shape index (κ2) is 5.71. The number of aromatic hydroxyl groups is 1. The lowest BCUT2D eigenvalue weighted by molar-refractivity contribution is 0.475. The molecule has 0 spiro atoms. The molecule has 0 unspecified atom stereocenters. The zero-order valence-electron chi connectivity index (χ0n) is 13.5. The second-order valence-corrected chi connectivity index (χ2v) is 8.18. The van der Waals surface area contributed by atoms with Gasteiger partial charge >= 0.3 is 0 Å². The Bertz CT molecular complexity index is 985. The SMILES string of the molecule is Oc1ccc2c(c1)N(c1nc(-c3ccc(Cl)s3)nc3c1CCC3)CC2. The minimum atomic E-state index is 0.293. The van der Waals surface area contributed by atoms with E-state index in [0.717, 1.165) is 64.5 Å². The highest BCUT2D eigenvalue weighted by Crippen LogP contribution is 2.41. The summed E-state index contributed by atoms with van der Waals surface area (Å²) in [6.07, 6.45) is 4.10. The smallest absolute Gasteiger partial charge is 0.171 e. The predicted molar refractivity (Wildman–Crippen MR) is 101 cm³/mol. The number of hydrogen-bond acceptors (Lipinski definition) is 5. The maximum atomic E-state index is 9.92. The number of benzene rings is 1. The van der Waals surface area contributed by atoms with Crippen molar-refractivity contribution in [3.63, 3.8) is 0 Å². The maximum Gasteiger partial charge on any atom is 0.171 e. The van der Waals surface area contributed by atoms with Crippen LogP contribution < -0.4 is 4.90 Å². The van der Waals surface area contributed by atoms with Crippen LogP contribution in [-0.2, 0) is 19.3 Å². The highest BCUT2D eigenvalue weighted by atomic mass is 35.5. The summed E-state index contributed by atoms with van der Waals surface area (Å²) in [6, 6.07) is 9.48. The number of rotatable bonds is 2. The van der Waals surface area contributed by atoms with Crippen LogP contribution in [0.2, 0.25) is 4.34 Å². The molecule has 0 fully saturated rings. The van der Waals surface area contributed by atoms with Crippen LogP contribution in [0.15, 0.2) is 30.3 Å². The minimum Gasteiger partial charge on any atom is -0.508 e. The number of aromatic nitrogens is 2. The van der Waals surface area contributed by atoms with Gasteiger partial charge in [0.05, 0.1) is 9.21 Å². The summed E-state index contributed by atoms with van der Waals surface area (Å²) < 4.78 is 0.747. The lowest BCUT2D eigenvalue weighted by Gasteiger charge is -2.22. The lowest BCUT2D eigenvalue weighted by Crippen LogP contribution is -2.18. The highest BCUT2D eigenvalue weighted by Gasteiger charge is 2.28. The van der Waals surface area contributed by atoms with Gasteiger partial charge in [0.2, 0.25) is 0 Å². The number of hydrogen-bond donors (Lipinski definition) is 1. The van der Waals surface area contributed by atoms with Gasteiger partial charge < -0.3 is 10.0 Å². The monoisotopic (exact) mass is 369 g/mol. The predicted octanol–water partition coefficient (Wildman–Crippen LogP) is 4.75. The van der Waals surface area contributed by atoms with Gasteiger partial charge in [0.1, 0.15) is 11.6 Å². The molecule has 2 aromatic heterocycles. The van der Waals surface area contributed by atoms with Crippen molar-refractivity contribution in [2.45, 2.75) is 25.7 Å². The van der Waals surface area contributed by atoms with E-state index in [2.05, 4.69) is 4.90 Å². The van der Waals surface area contributed by atoms with E-state index in [0.29, 0.717) is 5.75 Å². The Balaban J connectivity index is 1.67. The molecule has 6 heteroatoms. The van der Waals surface area contributed by atoms with Gasteiger partial charge in [-0.25, -0.2) is 9.97 Å². The molecule has 0 saturated carbocycles. The molecule has 1 aromatic carbocycles. The summed E-state index contributed by atoms with van der Waals surface area (Å²) in [7, 11) is 0. The fourth-order valence-electron chi connectivity index (χ4n) is 3.77. The molecule has 25 heavy (non-hydrogen) atoms. The molecule has 1 aliphatic heterocycles. The fourth-order valence-corrected chi connectivity index (χ4v) is 4.75. The van der Waals surface area contributed by atoms with Crippen LogP contribution in [0, 0.1) is 0 Å². The Morgan fingerprint density at radius 1 is 1.08 bits per heavy atom. The molecule has 1 N–H and O–H groups in total. The molecular formula is C19H16ClN3OS. The molecule has 1 aliphatic carbocycles. The first-order valence-electron chi connectivity index (χ1n) is 8.44. The van der Waals surface area contributed by atoms with Gasteiger partial charge in [-0.05, 0) is 49.4 Å². The Morgan fingerprint density at radius 2 is 2.00 bits per heavy atom. The first-order chi connectivity index (χ1) is 12.2. The first-order valence-corrected chi connectivity index (χ1v) is 9.63. The van der Waals surface area contributed by atoms with E-state index in [1.165, 1.54) is 22.5 Å². The van der Waals surface area contributed by atoms with Crippen LogP contribution in [0.4, 0.5) is 11.5 Å². The molecule has 3 heterocycles. The van der Waals surface area contributed by atoms with E-state index in [4.69, 9.17) is 21.6 Å². The van der Waals surface area contributed by atoms with Gasteiger partial charge in [0.15, 0.2) is 5.82 Å². The van der Waals surface area contributed by atoms with E-state index >= 15 is 0 Å². The number of phenolic OH excluding ortho intramolecular Hbond substituents is 1. The highest BCUT2D eigenvalue weighted by molar-refractivity contribution is 7.19. The normalized spacial score (nSPS) is 15.5. The maximum absolute atomic E-state index is 9.92. The van der Waals surface area contributed by atoms with Crippen LogP contribution in [0.1, 0.15) is 23.2 Å². The Kier molecular flexibility index (Phi) is 3.47. The van der Waals surface area contributed by atoms with Crippen molar-refractivity contribution in [3.05, 3.63) is 51.5 Å². The summed E-state index contributed by atoms with van der Waals surface area (Å²) in [5.41, 5.74) is 4.72. The Labute approximate surface area is 154 Å². The van der Waals surface area contributed by atoms with Gasteiger partial charge in [-0.1, -0.05) is 17.7 Å². The third-order valence-electron chi connectivity index (χ3n) is 4.92. The number of fused-ring (bicyclic) bond motifs is 2. The summed E-state index contributed by atoms with van der Waals surface area (Å²) in [6.45, 7) is 0.882. The van der Waals surface area contributed by atoms with E-state index < -0.39 is 0 Å². The van der Waals surface area contributed by atoms with Crippen LogP contribution >= 0.6 is 22.9 Å². The summed E-state index contributed by atoms with van der Waals surface area (Å²) in [5, 5.41) is 9.92. The standard InChI is InChI=1S/C19H16ClN3OS/c20-17-7-6-16(25-17)18-21-14-3-1-2-13(14)19(22-18)23-9-8-11-4-5-12(24)10-15(11)23/h4-7,10,24H,1-3,8-9H2. The van der Waals surface area contributed by atoms with Crippen molar-refractivity contribution >= 4 is 34.4 Å². The third-order valence-corrected chi connectivity index (χ3v) is 6.15. The number of aryl methyl sites for hydroxylation is 1. The second-order valence-electron chi connectivity index (χ2n) is 6.47. The van der Waals surface area contributed by atoms with Gasteiger partial charge in [-0.2, -0.15) is 0 Å². The molecule has 0 atom stereocenters. The zero-order chi connectivity index (χ0) is 17.0. The van der Waals surface area contributed by atoms with Gasteiger partial charge in [0, 0.05) is 29.6 Å². The van der Waals surface area contributed by atoms with Crippen molar-refractivity contribution < 1.29 is 5.11 Å². The van der Waals surface area contributed by atoms with Crippen molar-refractivity contribution in [3.8, 4) is 16.5 Å². The number of nitrogens with zero attached hydrogens (tertiary/aromatic N) is 3. The van der Waals surface area contributed by atoms with Gasteiger partial charge in [-0.3, -0.25) is 0 Å². The fraction of sp³-hybridized carbons (Fsp3) is 0.263. The quantitative estimate of drug-likeness (QED) is 0.708. The molecule has 0 amide bonds. The number of thiophene rings is 1. The first kappa shape index (κ1) is 15.2.